The molecule has 2 aliphatic heterocycles. The third-order valence-corrected chi connectivity index (χ3v) is 6.01. The quantitative estimate of drug-likeness (QED) is 0.761. The molecule has 4 rings (SSSR count). The monoisotopic (exact) mass is 238 g/mol. The molecule has 2 saturated heterocycles. The van der Waals surface area contributed by atoms with Gasteiger partial charge in [-0.15, -0.1) is 0 Å². The number of hydrogen-bond acceptors (Lipinski definition) is 2. The molecule has 2 saturated carbocycles. The van der Waals surface area contributed by atoms with E-state index in [-0.39, 0.29) is 11.2 Å². The second kappa shape index (κ2) is 3.71. The second-order valence-corrected chi connectivity index (χ2v) is 7.28. The van der Waals surface area contributed by atoms with Crippen LogP contribution in [0.3, 0.4) is 0 Å². The number of fused-ring (bicyclic) bond motifs is 2. The van der Waals surface area contributed by atoms with E-state index in [4.69, 9.17) is 4.74 Å². The average Bonchev–Trinajstić information content (AvgIpc) is 2.56. The summed E-state index contributed by atoms with van der Waals surface area (Å²) in [5.74, 6) is 2.63. The summed E-state index contributed by atoms with van der Waals surface area (Å²) in [6.07, 6.45) is 6.28. The Morgan fingerprint density at radius 1 is 1.18 bits per heavy atom. The van der Waals surface area contributed by atoms with Gasteiger partial charge in [0.25, 0.3) is 0 Å². The summed E-state index contributed by atoms with van der Waals surface area (Å²) in [4.78, 5) is 0. The molecule has 2 bridgehead atoms. The summed E-state index contributed by atoms with van der Waals surface area (Å²) in [7, 11) is 0. The van der Waals surface area contributed by atoms with Crippen LogP contribution in [0.15, 0.2) is 0 Å². The van der Waals surface area contributed by atoms with Gasteiger partial charge in [0.1, 0.15) is 0 Å². The summed E-state index contributed by atoms with van der Waals surface area (Å²) in [6.45, 7) is 7.24. The highest BCUT2D eigenvalue weighted by molar-refractivity contribution is 5.05. The van der Waals surface area contributed by atoms with Gasteiger partial charge in [-0.3, -0.25) is 0 Å². The first-order chi connectivity index (χ1) is 7.96. The number of hydrogen-bond donors (Lipinski definition) is 1. The molecule has 4 fully saturated rings. The minimum atomic E-state index is 0.0390. The first-order valence-corrected chi connectivity index (χ1v) is 7.27. The fourth-order valence-electron chi connectivity index (χ4n) is 5.03. The Morgan fingerprint density at radius 3 is 2.59 bits per heavy atom. The van der Waals surface area contributed by atoms with Gasteiger partial charge in [-0.2, -0.15) is 0 Å². The third kappa shape index (κ3) is 1.67. The van der Waals surface area contributed by atoms with Crippen LogP contribution in [0.2, 0.25) is 0 Å². The fourth-order valence-corrected chi connectivity index (χ4v) is 5.03. The Bertz CT molecular complexity index is 312. The largest absolute Gasteiger partial charge is 0.396 e. The molecule has 5 atom stereocenters. The van der Waals surface area contributed by atoms with Crippen molar-refractivity contribution in [3.63, 3.8) is 0 Å². The van der Waals surface area contributed by atoms with E-state index >= 15 is 0 Å². The molecule has 0 amide bonds. The van der Waals surface area contributed by atoms with Crippen LogP contribution < -0.4 is 0 Å². The van der Waals surface area contributed by atoms with Crippen molar-refractivity contribution in [1.82, 2.24) is 0 Å². The van der Waals surface area contributed by atoms with Crippen LogP contribution in [0.25, 0.3) is 0 Å². The zero-order valence-corrected chi connectivity index (χ0v) is 11.4. The molecule has 2 aliphatic carbocycles. The molecule has 1 N–H and O–H groups in total. The van der Waals surface area contributed by atoms with Gasteiger partial charge in [0.15, 0.2) is 0 Å². The SMILES string of the molecule is CC1(C)O[C@@]2(C)CC[C@@H]1C[C@H]1[C@@H](CO)CC[C@H]12. The molecule has 0 radical (unpaired) electrons. The van der Waals surface area contributed by atoms with E-state index in [2.05, 4.69) is 20.8 Å². The highest BCUT2D eigenvalue weighted by Gasteiger charge is 2.56. The molecule has 2 heteroatoms. The first-order valence-electron chi connectivity index (χ1n) is 7.27. The third-order valence-electron chi connectivity index (χ3n) is 6.01. The van der Waals surface area contributed by atoms with E-state index in [1.165, 1.54) is 32.1 Å². The summed E-state index contributed by atoms with van der Waals surface area (Å²) < 4.78 is 6.51. The zero-order valence-electron chi connectivity index (χ0n) is 11.4. The van der Waals surface area contributed by atoms with Crippen LogP contribution in [0.4, 0.5) is 0 Å². The molecule has 17 heavy (non-hydrogen) atoms. The lowest BCUT2D eigenvalue weighted by molar-refractivity contribution is -0.199. The molecule has 0 spiro atoms. The van der Waals surface area contributed by atoms with Gasteiger partial charge in [-0.1, -0.05) is 0 Å². The molecule has 0 unspecified atom stereocenters. The van der Waals surface area contributed by atoms with E-state index < -0.39 is 0 Å². The summed E-state index contributed by atoms with van der Waals surface area (Å²) in [5.41, 5.74) is 0.114. The van der Waals surface area contributed by atoms with E-state index in [0.29, 0.717) is 30.3 Å². The van der Waals surface area contributed by atoms with Gasteiger partial charge in [0.2, 0.25) is 0 Å². The topological polar surface area (TPSA) is 29.5 Å². The summed E-state index contributed by atoms with van der Waals surface area (Å²) in [6, 6.07) is 0. The lowest BCUT2D eigenvalue weighted by Crippen LogP contribution is -2.49. The molecule has 98 valence electrons. The van der Waals surface area contributed by atoms with Gasteiger partial charge < -0.3 is 9.84 Å². The van der Waals surface area contributed by atoms with Crippen LogP contribution in [0.5, 0.6) is 0 Å². The number of aliphatic hydroxyl groups is 1. The van der Waals surface area contributed by atoms with Crippen molar-refractivity contribution in [2.75, 3.05) is 6.61 Å². The van der Waals surface area contributed by atoms with E-state index in [1.807, 2.05) is 0 Å². The predicted molar refractivity (Wildman–Crippen MR) is 67.7 cm³/mol. The zero-order chi connectivity index (χ0) is 12.3. The highest BCUT2D eigenvalue weighted by Crippen LogP contribution is 2.58. The standard InChI is InChI=1S/C15H26O2/c1-14(2)11-6-7-15(3,17-14)13-5-4-10(9-16)12(13)8-11/h10-13,16H,4-9H2,1-3H3/t10-,11-,12+,13-,15+/m1/s1. The maximum absolute atomic E-state index is 9.56. The lowest BCUT2D eigenvalue weighted by Gasteiger charge is -2.47. The molecule has 0 aromatic carbocycles. The van der Waals surface area contributed by atoms with Gasteiger partial charge in [0, 0.05) is 6.61 Å². The Labute approximate surface area is 105 Å². The summed E-state index contributed by atoms with van der Waals surface area (Å²) >= 11 is 0. The van der Waals surface area contributed by atoms with Crippen molar-refractivity contribution in [1.29, 1.82) is 0 Å². The second-order valence-electron chi connectivity index (χ2n) is 7.28. The van der Waals surface area contributed by atoms with Gasteiger partial charge in [-0.05, 0) is 76.5 Å². The number of rotatable bonds is 1. The fraction of sp³-hybridized carbons (Fsp3) is 1.00. The highest BCUT2D eigenvalue weighted by atomic mass is 16.5. The number of aliphatic hydroxyl groups excluding tert-OH is 1. The van der Waals surface area contributed by atoms with Crippen molar-refractivity contribution in [2.45, 2.75) is 64.1 Å². The smallest absolute Gasteiger partial charge is 0.0692 e. The Balaban J connectivity index is 1.95. The molecule has 0 aromatic heterocycles. The van der Waals surface area contributed by atoms with Gasteiger partial charge >= 0.3 is 0 Å². The van der Waals surface area contributed by atoms with E-state index in [0.717, 1.165) is 0 Å². The molecule has 2 heterocycles. The van der Waals surface area contributed by atoms with E-state index in [1.54, 1.807) is 0 Å². The molecular weight excluding hydrogens is 212 g/mol. The normalized spacial score (nSPS) is 52.2. The van der Waals surface area contributed by atoms with Gasteiger partial charge in [-0.25, -0.2) is 0 Å². The van der Waals surface area contributed by atoms with Crippen molar-refractivity contribution >= 4 is 0 Å². The van der Waals surface area contributed by atoms with Gasteiger partial charge in [0.05, 0.1) is 11.2 Å². The van der Waals surface area contributed by atoms with Crippen LogP contribution in [-0.4, -0.2) is 22.9 Å². The lowest BCUT2D eigenvalue weighted by atomic mass is 9.78. The van der Waals surface area contributed by atoms with Crippen LogP contribution >= 0.6 is 0 Å². The van der Waals surface area contributed by atoms with Crippen molar-refractivity contribution < 1.29 is 9.84 Å². The van der Waals surface area contributed by atoms with Crippen molar-refractivity contribution in [2.24, 2.45) is 23.7 Å². The van der Waals surface area contributed by atoms with Crippen molar-refractivity contribution in [3.05, 3.63) is 0 Å². The molecule has 0 aromatic rings. The summed E-state index contributed by atoms with van der Waals surface area (Å²) in [5, 5.41) is 9.56. The van der Waals surface area contributed by atoms with E-state index in [9.17, 15) is 5.11 Å². The maximum Gasteiger partial charge on any atom is 0.0692 e. The first kappa shape index (κ1) is 12.0. The molecule has 4 aliphatic rings. The molecular formula is C15H26O2. The van der Waals surface area contributed by atoms with Crippen LogP contribution in [-0.2, 0) is 4.74 Å². The Kier molecular flexibility index (Phi) is 2.61. The Hall–Kier alpha value is -0.0800. The van der Waals surface area contributed by atoms with Crippen LogP contribution in [0.1, 0.15) is 52.9 Å². The minimum Gasteiger partial charge on any atom is -0.396 e. The minimum absolute atomic E-state index is 0.0390. The predicted octanol–water partition coefficient (Wildman–Crippen LogP) is 2.99. The average molecular weight is 238 g/mol. The maximum atomic E-state index is 9.56. The van der Waals surface area contributed by atoms with Crippen molar-refractivity contribution in [3.8, 4) is 0 Å². The Morgan fingerprint density at radius 2 is 1.94 bits per heavy atom. The number of ether oxygens (including phenoxy) is 1. The van der Waals surface area contributed by atoms with Crippen LogP contribution in [0, 0.1) is 23.7 Å². The molecule has 2 nitrogen and oxygen atoms in total.